The fourth-order valence-corrected chi connectivity index (χ4v) is 3.29. The molecule has 0 aliphatic carbocycles. The molecule has 140 valence electrons. The Labute approximate surface area is 158 Å². The van der Waals surface area contributed by atoms with Crippen LogP contribution in [0, 0.1) is 26.0 Å². The van der Waals surface area contributed by atoms with Crippen LogP contribution in [0.15, 0.2) is 47.3 Å². The van der Waals surface area contributed by atoms with Crippen LogP contribution in [0.4, 0.5) is 13.2 Å². The van der Waals surface area contributed by atoms with Gasteiger partial charge < -0.3 is 4.98 Å². The SMILES string of the molecule is Cc1c#ccc(-c2c(C)[nH]c3c(-c4ccccc4)c(C(F)(F)F)nn3c2=O)c1. The van der Waals surface area contributed by atoms with Crippen LogP contribution in [0.2, 0.25) is 0 Å². The van der Waals surface area contributed by atoms with Crippen molar-refractivity contribution in [3.8, 4) is 22.3 Å². The quantitative estimate of drug-likeness (QED) is 0.552. The monoisotopic (exact) mass is 381 g/mol. The highest BCUT2D eigenvalue weighted by atomic mass is 19.4. The number of halogens is 3. The Balaban J connectivity index is 2.10. The second-order valence-corrected chi connectivity index (χ2v) is 6.47. The molecule has 0 radical (unpaired) electrons. The van der Waals surface area contributed by atoms with Gasteiger partial charge in [0.1, 0.15) is 5.65 Å². The van der Waals surface area contributed by atoms with Crippen LogP contribution in [-0.4, -0.2) is 14.6 Å². The highest BCUT2D eigenvalue weighted by Crippen LogP contribution is 2.38. The summed E-state index contributed by atoms with van der Waals surface area (Å²) in [6, 6.07) is 17.1. The summed E-state index contributed by atoms with van der Waals surface area (Å²) >= 11 is 0. The molecule has 2 heterocycles. The molecule has 0 saturated heterocycles. The molecule has 4 aromatic rings. The van der Waals surface area contributed by atoms with E-state index in [4.69, 9.17) is 0 Å². The molecule has 0 fully saturated rings. The van der Waals surface area contributed by atoms with E-state index < -0.39 is 17.4 Å². The number of nitrogens with zero attached hydrogens (tertiary/aromatic N) is 2. The van der Waals surface area contributed by atoms with Gasteiger partial charge in [-0.05, 0) is 42.7 Å². The van der Waals surface area contributed by atoms with E-state index >= 15 is 0 Å². The number of benzene rings is 1. The predicted octanol–water partition coefficient (Wildman–Crippen LogP) is 4.59. The number of alkyl halides is 3. The zero-order valence-electron chi connectivity index (χ0n) is 15.0. The van der Waals surface area contributed by atoms with E-state index in [0.717, 1.165) is 10.1 Å². The Bertz CT molecular complexity index is 1240. The van der Waals surface area contributed by atoms with Crippen molar-refractivity contribution < 1.29 is 13.2 Å². The molecule has 2 aromatic heterocycles. The second-order valence-electron chi connectivity index (χ2n) is 6.47. The molecule has 4 nitrogen and oxygen atoms in total. The zero-order chi connectivity index (χ0) is 20.1. The fraction of sp³-hybridized carbons (Fsp3) is 0.143. The number of hydrogen-bond acceptors (Lipinski definition) is 2. The number of aromatic nitrogens is 3. The maximum absolute atomic E-state index is 13.7. The standard InChI is InChI=1S/C21H14F3N3O/c1-12-7-6-10-15(11-12)16-13(2)25-19-17(14-8-4-3-5-9-14)18(21(22,23)24)26-27(19)20(16)28/h3-5,8-11,25H,1-2H3. The highest BCUT2D eigenvalue weighted by Gasteiger charge is 2.39. The summed E-state index contributed by atoms with van der Waals surface area (Å²) in [5.74, 6) is 0. The Morgan fingerprint density at radius 1 is 1.07 bits per heavy atom. The topological polar surface area (TPSA) is 50.2 Å². The van der Waals surface area contributed by atoms with Gasteiger partial charge in [0.25, 0.3) is 5.56 Å². The first-order valence-corrected chi connectivity index (χ1v) is 8.46. The van der Waals surface area contributed by atoms with Crippen LogP contribution in [0.3, 0.4) is 0 Å². The first kappa shape index (κ1) is 17.9. The van der Waals surface area contributed by atoms with Crippen molar-refractivity contribution in [1.29, 1.82) is 0 Å². The summed E-state index contributed by atoms with van der Waals surface area (Å²) in [6.45, 7) is 3.45. The van der Waals surface area contributed by atoms with E-state index in [1.807, 2.05) is 0 Å². The lowest BCUT2D eigenvalue weighted by molar-refractivity contribution is -0.140. The zero-order valence-corrected chi connectivity index (χ0v) is 15.0. The summed E-state index contributed by atoms with van der Waals surface area (Å²) in [5.41, 5.74) is 0.452. The molecule has 4 rings (SSSR count). The van der Waals surface area contributed by atoms with Gasteiger partial charge in [-0.25, -0.2) is 0 Å². The number of nitrogens with one attached hydrogen (secondary N) is 1. The van der Waals surface area contributed by atoms with Gasteiger partial charge in [-0.3, -0.25) is 4.79 Å². The number of hydrogen-bond donors (Lipinski definition) is 1. The number of fused-ring (bicyclic) bond motifs is 1. The van der Waals surface area contributed by atoms with E-state index in [0.29, 0.717) is 16.8 Å². The normalized spacial score (nSPS) is 11.6. The van der Waals surface area contributed by atoms with Crippen molar-refractivity contribution in [2.75, 3.05) is 0 Å². The van der Waals surface area contributed by atoms with Crippen molar-refractivity contribution in [2.45, 2.75) is 20.0 Å². The smallest absolute Gasteiger partial charge is 0.343 e. The van der Waals surface area contributed by atoms with Crippen LogP contribution in [0.25, 0.3) is 27.9 Å². The maximum Gasteiger partial charge on any atom is 0.435 e. The molecule has 0 aliphatic heterocycles. The number of aryl methyl sites for hydroxylation is 2. The molecule has 7 heteroatoms. The molecular weight excluding hydrogens is 367 g/mol. The second kappa shape index (κ2) is 6.27. The molecule has 0 aliphatic rings. The minimum atomic E-state index is -4.71. The number of rotatable bonds is 2. The van der Waals surface area contributed by atoms with Crippen molar-refractivity contribution in [3.63, 3.8) is 0 Å². The average molecular weight is 381 g/mol. The van der Waals surface area contributed by atoms with E-state index in [2.05, 4.69) is 22.2 Å². The predicted molar refractivity (Wildman–Crippen MR) is 98.8 cm³/mol. The minimum absolute atomic E-state index is 0.00738. The maximum atomic E-state index is 13.7. The third-order valence-corrected chi connectivity index (χ3v) is 4.46. The largest absolute Gasteiger partial charge is 0.435 e. The molecule has 1 N–H and O–H groups in total. The molecule has 0 spiro atoms. The van der Waals surface area contributed by atoms with Gasteiger partial charge in [-0.15, -0.1) is 0 Å². The molecule has 0 bridgehead atoms. The Kier molecular flexibility index (Phi) is 4.00. The van der Waals surface area contributed by atoms with Gasteiger partial charge in [-0.2, -0.15) is 22.8 Å². The van der Waals surface area contributed by atoms with Crippen LogP contribution >= 0.6 is 0 Å². The van der Waals surface area contributed by atoms with Crippen molar-refractivity contribution >= 4 is 5.65 Å². The van der Waals surface area contributed by atoms with Crippen LogP contribution in [-0.2, 0) is 6.18 Å². The summed E-state index contributed by atoms with van der Waals surface area (Å²) in [4.78, 5) is 16.0. The third kappa shape index (κ3) is 2.83. The van der Waals surface area contributed by atoms with E-state index in [9.17, 15) is 18.0 Å². The van der Waals surface area contributed by atoms with Gasteiger partial charge >= 0.3 is 6.18 Å². The average Bonchev–Trinajstić information content (AvgIpc) is 3.02. The van der Waals surface area contributed by atoms with Gasteiger partial charge in [0.05, 0.1) is 11.1 Å². The summed E-state index contributed by atoms with van der Waals surface area (Å²) in [5, 5.41) is 3.64. The summed E-state index contributed by atoms with van der Waals surface area (Å²) < 4.78 is 41.8. The first-order valence-electron chi connectivity index (χ1n) is 8.46. The molecular formula is C21H14F3N3O. The van der Waals surface area contributed by atoms with E-state index in [1.54, 1.807) is 56.3 Å². The molecule has 28 heavy (non-hydrogen) atoms. The van der Waals surface area contributed by atoms with Crippen LogP contribution < -0.4 is 5.56 Å². The molecule has 2 aromatic carbocycles. The van der Waals surface area contributed by atoms with Crippen molar-refractivity contribution in [1.82, 2.24) is 14.6 Å². The Hall–Kier alpha value is -3.53. The molecule has 0 amide bonds. The van der Waals surface area contributed by atoms with Gasteiger partial charge in [0, 0.05) is 5.69 Å². The Morgan fingerprint density at radius 2 is 1.79 bits per heavy atom. The third-order valence-electron chi connectivity index (χ3n) is 4.46. The molecule has 0 saturated carbocycles. The van der Waals surface area contributed by atoms with Crippen molar-refractivity contribution in [2.24, 2.45) is 0 Å². The lowest BCUT2D eigenvalue weighted by Crippen LogP contribution is -2.19. The van der Waals surface area contributed by atoms with E-state index in [-0.39, 0.29) is 16.8 Å². The molecule has 0 unspecified atom stereocenters. The lowest BCUT2D eigenvalue weighted by Gasteiger charge is -2.08. The fourth-order valence-electron chi connectivity index (χ4n) is 3.29. The number of H-pyrrole nitrogens is 1. The first-order chi connectivity index (χ1) is 13.3. The summed E-state index contributed by atoms with van der Waals surface area (Å²) in [6.07, 6.45) is -4.71. The van der Waals surface area contributed by atoms with E-state index in [1.165, 1.54) is 0 Å². The highest BCUT2D eigenvalue weighted by molar-refractivity contribution is 5.81. The van der Waals surface area contributed by atoms with Crippen molar-refractivity contribution in [3.05, 3.63) is 81.9 Å². The minimum Gasteiger partial charge on any atom is -0.343 e. The number of aromatic amines is 1. The van der Waals surface area contributed by atoms with Gasteiger partial charge in [0.2, 0.25) is 0 Å². The Morgan fingerprint density at radius 3 is 2.43 bits per heavy atom. The van der Waals surface area contributed by atoms with Gasteiger partial charge in [0.15, 0.2) is 5.69 Å². The lowest BCUT2D eigenvalue weighted by atomic mass is 10.0. The van der Waals surface area contributed by atoms with Crippen LogP contribution in [0.5, 0.6) is 0 Å². The molecule has 0 atom stereocenters. The van der Waals surface area contributed by atoms with Gasteiger partial charge in [-0.1, -0.05) is 42.5 Å². The summed E-state index contributed by atoms with van der Waals surface area (Å²) in [7, 11) is 0. The van der Waals surface area contributed by atoms with Crippen LogP contribution in [0.1, 0.15) is 17.0 Å².